The molecule has 2 aromatic rings. The number of aromatic hydroxyl groups is 2. The van der Waals surface area contributed by atoms with Crippen LogP contribution in [0, 0.1) is 0 Å². The average Bonchev–Trinajstić information content (AvgIpc) is 2.44. The van der Waals surface area contributed by atoms with E-state index in [1.54, 1.807) is 6.07 Å². The van der Waals surface area contributed by atoms with Gasteiger partial charge >= 0.3 is 0 Å². The van der Waals surface area contributed by atoms with Gasteiger partial charge in [-0.2, -0.15) is 0 Å². The monoisotopic (exact) mass is 242 g/mol. The van der Waals surface area contributed by atoms with Gasteiger partial charge in [0.2, 0.25) is 0 Å². The van der Waals surface area contributed by atoms with Crippen LogP contribution in [0.1, 0.15) is 22.8 Å². The number of rotatable bonds is 1. The van der Waals surface area contributed by atoms with Gasteiger partial charge in [0.1, 0.15) is 0 Å². The lowest BCUT2D eigenvalue weighted by Crippen LogP contribution is -2.15. The van der Waals surface area contributed by atoms with Gasteiger partial charge in [-0.3, -0.25) is 0 Å². The molecule has 2 N–H and O–H groups in total. The van der Waals surface area contributed by atoms with E-state index in [1.165, 1.54) is 6.07 Å². The van der Waals surface area contributed by atoms with E-state index in [9.17, 15) is 10.2 Å². The van der Waals surface area contributed by atoms with Crippen molar-refractivity contribution in [1.82, 2.24) is 0 Å². The van der Waals surface area contributed by atoms with Gasteiger partial charge in [0.15, 0.2) is 11.5 Å². The molecule has 0 saturated heterocycles. The minimum Gasteiger partial charge on any atom is -0.504 e. The quantitative estimate of drug-likeness (QED) is 0.756. The van der Waals surface area contributed by atoms with Gasteiger partial charge in [0.05, 0.1) is 12.7 Å². The molecule has 0 aromatic heterocycles. The first-order valence-corrected chi connectivity index (χ1v) is 5.95. The molecule has 1 atom stereocenters. The molecule has 1 aliphatic rings. The summed E-state index contributed by atoms with van der Waals surface area (Å²) in [5, 5.41) is 19.4. The van der Waals surface area contributed by atoms with Crippen LogP contribution in [0.5, 0.6) is 11.5 Å². The summed E-state index contributed by atoms with van der Waals surface area (Å²) in [6.45, 7) is 0.461. The molecule has 0 amide bonds. The highest BCUT2D eigenvalue weighted by molar-refractivity contribution is 5.50. The van der Waals surface area contributed by atoms with Crippen molar-refractivity contribution in [3.8, 4) is 11.5 Å². The fourth-order valence-corrected chi connectivity index (χ4v) is 2.35. The molecule has 0 fully saturated rings. The molecule has 0 saturated carbocycles. The molecule has 0 spiro atoms. The van der Waals surface area contributed by atoms with Crippen molar-refractivity contribution >= 4 is 0 Å². The Hall–Kier alpha value is -2.00. The van der Waals surface area contributed by atoms with Gasteiger partial charge < -0.3 is 14.9 Å². The van der Waals surface area contributed by atoms with E-state index in [4.69, 9.17) is 4.74 Å². The second kappa shape index (κ2) is 4.35. The summed E-state index contributed by atoms with van der Waals surface area (Å²) in [4.78, 5) is 0. The second-order valence-corrected chi connectivity index (χ2v) is 4.49. The largest absolute Gasteiger partial charge is 0.504 e. The third kappa shape index (κ3) is 1.83. The number of hydrogen-bond donors (Lipinski definition) is 2. The predicted molar refractivity (Wildman–Crippen MR) is 67.4 cm³/mol. The van der Waals surface area contributed by atoms with Crippen molar-refractivity contribution in [3.63, 3.8) is 0 Å². The predicted octanol–water partition coefficient (Wildman–Crippen LogP) is 2.91. The molecule has 1 aliphatic heterocycles. The van der Waals surface area contributed by atoms with E-state index in [2.05, 4.69) is 0 Å². The van der Waals surface area contributed by atoms with Gasteiger partial charge in [-0.1, -0.05) is 36.4 Å². The van der Waals surface area contributed by atoms with Crippen LogP contribution in [0.25, 0.3) is 0 Å². The molecule has 3 nitrogen and oxygen atoms in total. The lowest BCUT2D eigenvalue weighted by molar-refractivity contribution is 0.0265. The second-order valence-electron chi connectivity index (χ2n) is 4.49. The molecule has 0 aliphatic carbocycles. The van der Waals surface area contributed by atoms with Crippen molar-refractivity contribution in [1.29, 1.82) is 0 Å². The minimum absolute atomic E-state index is 0.0169. The zero-order valence-corrected chi connectivity index (χ0v) is 9.84. The summed E-state index contributed by atoms with van der Waals surface area (Å²) in [6.07, 6.45) is 0.519. The SMILES string of the molecule is Oc1ccc2c(c1O)CC(c1ccccc1)OC2. The number of phenolic OH excluding ortho intramolecular Hbond substituents is 2. The highest BCUT2D eigenvalue weighted by atomic mass is 16.5. The molecule has 0 bridgehead atoms. The number of benzene rings is 2. The average molecular weight is 242 g/mol. The first kappa shape index (κ1) is 11.1. The van der Waals surface area contributed by atoms with Crippen LogP contribution < -0.4 is 0 Å². The smallest absolute Gasteiger partial charge is 0.161 e. The van der Waals surface area contributed by atoms with E-state index >= 15 is 0 Å². The number of ether oxygens (including phenoxy) is 1. The van der Waals surface area contributed by atoms with Gasteiger partial charge in [0.25, 0.3) is 0 Å². The van der Waals surface area contributed by atoms with E-state index in [0.29, 0.717) is 13.0 Å². The molecule has 3 rings (SSSR count). The fourth-order valence-electron chi connectivity index (χ4n) is 2.35. The van der Waals surface area contributed by atoms with Crippen molar-refractivity contribution < 1.29 is 14.9 Å². The molecule has 0 radical (unpaired) electrons. The maximum Gasteiger partial charge on any atom is 0.161 e. The van der Waals surface area contributed by atoms with Gasteiger partial charge in [0, 0.05) is 12.0 Å². The van der Waals surface area contributed by atoms with Crippen LogP contribution in [0.2, 0.25) is 0 Å². The summed E-state index contributed by atoms with van der Waals surface area (Å²) in [7, 11) is 0. The third-order valence-electron chi connectivity index (χ3n) is 3.36. The minimum atomic E-state index is -0.0672. The highest BCUT2D eigenvalue weighted by Crippen LogP contribution is 2.39. The zero-order valence-electron chi connectivity index (χ0n) is 9.84. The lowest BCUT2D eigenvalue weighted by atomic mass is 9.94. The summed E-state index contributed by atoms with van der Waals surface area (Å²) in [6, 6.07) is 13.2. The Morgan fingerprint density at radius 1 is 1.00 bits per heavy atom. The van der Waals surface area contributed by atoms with Crippen LogP contribution in [0.4, 0.5) is 0 Å². The maximum atomic E-state index is 9.90. The molecule has 1 unspecified atom stereocenters. The number of hydrogen-bond acceptors (Lipinski definition) is 3. The molecular weight excluding hydrogens is 228 g/mol. The fraction of sp³-hybridized carbons (Fsp3) is 0.200. The van der Waals surface area contributed by atoms with Crippen LogP contribution in [0.15, 0.2) is 42.5 Å². The van der Waals surface area contributed by atoms with Crippen molar-refractivity contribution in [2.75, 3.05) is 0 Å². The van der Waals surface area contributed by atoms with Crippen LogP contribution in [-0.2, 0) is 17.8 Å². The Kier molecular flexibility index (Phi) is 2.68. The standard InChI is InChI=1S/C15H14O3/c16-13-7-6-11-9-18-14(8-12(11)15(13)17)10-4-2-1-3-5-10/h1-7,14,16-17H,8-9H2. The van der Waals surface area contributed by atoms with E-state index in [1.807, 2.05) is 30.3 Å². The van der Waals surface area contributed by atoms with Crippen molar-refractivity contribution in [2.24, 2.45) is 0 Å². The highest BCUT2D eigenvalue weighted by Gasteiger charge is 2.24. The Balaban J connectivity index is 1.96. The van der Waals surface area contributed by atoms with Gasteiger partial charge in [-0.05, 0) is 17.2 Å². The van der Waals surface area contributed by atoms with Gasteiger partial charge in [-0.15, -0.1) is 0 Å². The van der Waals surface area contributed by atoms with E-state index in [-0.39, 0.29) is 17.6 Å². The van der Waals surface area contributed by atoms with Crippen LogP contribution in [0.3, 0.4) is 0 Å². The van der Waals surface area contributed by atoms with E-state index < -0.39 is 0 Å². The molecule has 3 heteroatoms. The Morgan fingerprint density at radius 3 is 2.56 bits per heavy atom. The molecule has 18 heavy (non-hydrogen) atoms. The first-order chi connectivity index (χ1) is 8.75. The number of phenols is 2. The summed E-state index contributed by atoms with van der Waals surface area (Å²) in [5.74, 6) is -0.0841. The van der Waals surface area contributed by atoms with Crippen molar-refractivity contribution in [3.05, 3.63) is 59.2 Å². The van der Waals surface area contributed by atoms with Gasteiger partial charge in [-0.25, -0.2) is 0 Å². The molecule has 92 valence electrons. The Labute approximate surface area is 105 Å². The maximum absolute atomic E-state index is 9.90. The zero-order chi connectivity index (χ0) is 12.5. The summed E-state index contributed by atoms with van der Waals surface area (Å²) < 4.78 is 5.79. The summed E-state index contributed by atoms with van der Waals surface area (Å²) in [5.41, 5.74) is 2.82. The van der Waals surface area contributed by atoms with Crippen LogP contribution >= 0.6 is 0 Å². The third-order valence-corrected chi connectivity index (χ3v) is 3.36. The van der Waals surface area contributed by atoms with Crippen molar-refractivity contribution in [2.45, 2.75) is 19.1 Å². The molecule has 2 aromatic carbocycles. The Bertz CT molecular complexity index is 563. The topological polar surface area (TPSA) is 49.7 Å². The normalized spacial score (nSPS) is 18.3. The first-order valence-electron chi connectivity index (χ1n) is 5.95. The van der Waals surface area contributed by atoms with E-state index in [0.717, 1.165) is 16.7 Å². The Morgan fingerprint density at radius 2 is 1.78 bits per heavy atom. The summed E-state index contributed by atoms with van der Waals surface area (Å²) >= 11 is 0. The number of fused-ring (bicyclic) bond motifs is 1. The lowest BCUT2D eigenvalue weighted by Gasteiger charge is -2.26. The molecular formula is C15H14O3. The van der Waals surface area contributed by atoms with Crippen LogP contribution in [-0.4, -0.2) is 10.2 Å². The molecule has 1 heterocycles.